The molecule has 3 nitrogen and oxygen atoms in total. The molecule has 1 aromatic heterocycles. The van der Waals surface area contributed by atoms with Gasteiger partial charge in [-0.2, -0.15) is 22.0 Å². The summed E-state index contributed by atoms with van der Waals surface area (Å²) in [5.41, 5.74) is 2.18. The Morgan fingerprint density at radius 3 is 2.52 bits per heavy atom. The summed E-state index contributed by atoms with van der Waals surface area (Å²) in [7, 11) is 0. The fourth-order valence-electron chi connectivity index (χ4n) is 2.86. The molecule has 0 saturated heterocycles. The van der Waals surface area contributed by atoms with Crippen LogP contribution in [-0.4, -0.2) is 30.2 Å². The number of ether oxygens (including phenoxy) is 1. The zero-order valence-corrected chi connectivity index (χ0v) is 15.1. The minimum atomic E-state index is -5.66. The van der Waals surface area contributed by atoms with E-state index < -0.39 is 18.7 Å². The van der Waals surface area contributed by atoms with Gasteiger partial charge in [0.25, 0.3) is 0 Å². The molecule has 3 aromatic rings. The average Bonchev–Trinajstić information content (AvgIpc) is 3.08. The Hall–Kier alpha value is -2.68. The van der Waals surface area contributed by atoms with E-state index in [9.17, 15) is 26.3 Å². The van der Waals surface area contributed by atoms with Crippen LogP contribution in [0.1, 0.15) is 11.1 Å². The fourth-order valence-corrected chi connectivity index (χ4v) is 2.86. The molecule has 0 amide bonds. The van der Waals surface area contributed by atoms with E-state index in [-0.39, 0.29) is 11.6 Å². The van der Waals surface area contributed by atoms with E-state index in [0.717, 1.165) is 5.56 Å². The zero-order valence-electron chi connectivity index (χ0n) is 15.1. The molecule has 0 aliphatic heterocycles. The third-order valence-electron chi connectivity index (χ3n) is 4.37. The first-order valence-corrected chi connectivity index (χ1v) is 8.79. The molecule has 0 atom stereocenters. The summed E-state index contributed by atoms with van der Waals surface area (Å²) in [6.07, 6.45) is -3.37. The number of halogens is 6. The topological polar surface area (TPSA) is 37.0 Å². The lowest BCUT2D eigenvalue weighted by Gasteiger charge is -2.20. The van der Waals surface area contributed by atoms with Gasteiger partial charge < -0.3 is 15.0 Å². The van der Waals surface area contributed by atoms with E-state index in [4.69, 9.17) is 0 Å². The molecule has 0 saturated carbocycles. The number of fused-ring (bicyclic) bond motifs is 1. The first-order chi connectivity index (χ1) is 13.7. The Balaban J connectivity index is 1.52. The van der Waals surface area contributed by atoms with E-state index >= 15 is 0 Å². The molecule has 0 aliphatic rings. The molecule has 1 heterocycles. The monoisotopic (exact) mass is 416 g/mol. The third kappa shape index (κ3) is 5.03. The van der Waals surface area contributed by atoms with Gasteiger partial charge in [0.1, 0.15) is 11.6 Å². The number of H-pyrrole nitrogens is 1. The van der Waals surface area contributed by atoms with Crippen LogP contribution >= 0.6 is 0 Å². The number of aromatic nitrogens is 1. The number of aromatic amines is 1. The molecule has 0 aliphatic carbocycles. The van der Waals surface area contributed by atoms with Crippen LogP contribution in [0.25, 0.3) is 10.9 Å². The molecule has 2 aromatic carbocycles. The largest absolute Gasteiger partial charge is 0.487 e. The highest BCUT2D eigenvalue weighted by molar-refractivity contribution is 5.83. The van der Waals surface area contributed by atoms with Crippen LogP contribution in [0.4, 0.5) is 26.3 Å². The first kappa shape index (κ1) is 21.0. The number of benzene rings is 2. The Labute approximate surface area is 162 Å². The summed E-state index contributed by atoms with van der Waals surface area (Å²) in [6.45, 7) is -0.921. The molecule has 0 bridgehead atoms. The van der Waals surface area contributed by atoms with Gasteiger partial charge in [-0.3, -0.25) is 0 Å². The third-order valence-corrected chi connectivity index (χ3v) is 4.37. The van der Waals surface area contributed by atoms with Crippen molar-refractivity contribution in [2.24, 2.45) is 0 Å². The molecule has 0 fully saturated rings. The summed E-state index contributed by atoms with van der Waals surface area (Å²) in [6, 6.07) is 10.7. The minimum Gasteiger partial charge on any atom is -0.487 e. The first-order valence-electron chi connectivity index (χ1n) is 8.79. The molecular weight excluding hydrogens is 398 g/mol. The molecule has 3 rings (SSSR count). The van der Waals surface area contributed by atoms with Crippen molar-refractivity contribution in [1.82, 2.24) is 10.3 Å². The van der Waals surface area contributed by atoms with E-state index in [1.807, 2.05) is 0 Å². The van der Waals surface area contributed by atoms with Gasteiger partial charge in [0.15, 0.2) is 6.61 Å². The highest BCUT2D eigenvalue weighted by Crippen LogP contribution is 2.35. The van der Waals surface area contributed by atoms with E-state index in [1.165, 1.54) is 24.3 Å². The predicted molar refractivity (Wildman–Crippen MR) is 96.6 cm³/mol. The van der Waals surface area contributed by atoms with Crippen molar-refractivity contribution in [3.63, 3.8) is 0 Å². The summed E-state index contributed by atoms with van der Waals surface area (Å²) < 4.78 is 81.0. The summed E-state index contributed by atoms with van der Waals surface area (Å²) in [5.74, 6) is -5.30. The number of nitrogens with one attached hydrogen (secondary N) is 2. The Bertz CT molecular complexity index is 967. The molecule has 9 heteroatoms. The second-order valence-corrected chi connectivity index (χ2v) is 6.54. The lowest BCUT2D eigenvalue weighted by Crippen LogP contribution is -2.41. The normalized spacial score (nSPS) is 12.5. The molecule has 0 unspecified atom stereocenters. The predicted octanol–water partition coefficient (Wildman–Crippen LogP) is 5.22. The highest BCUT2D eigenvalue weighted by Gasteiger charge is 2.58. The molecule has 156 valence electrons. The second kappa shape index (κ2) is 8.36. The minimum absolute atomic E-state index is 0.0769. The molecule has 0 spiro atoms. The van der Waals surface area contributed by atoms with E-state index in [2.05, 4.69) is 15.0 Å². The van der Waals surface area contributed by atoms with Crippen LogP contribution in [0.15, 0.2) is 48.7 Å². The molecule has 2 N–H and O–H groups in total. The lowest BCUT2D eigenvalue weighted by molar-refractivity contribution is -0.290. The van der Waals surface area contributed by atoms with Crippen LogP contribution in [0.3, 0.4) is 0 Å². The van der Waals surface area contributed by atoms with Gasteiger partial charge in [-0.15, -0.1) is 0 Å². The van der Waals surface area contributed by atoms with Crippen LogP contribution in [0, 0.1) is 5.82 Å². The van der Waals surface area contributed by atoms with Crippen LogP contribution in [0.5, 0.6) is 5.75 Å². The maximum absolute atomic E-state index is 14.0. The zero-order chi connectivity index (χ0) is 21.1. The van der Waals surface area contributed by atoms with Crippen molar-refractivity contribution in [3.8, 4) is 5.75 Å². The number of rotatable bonds is 8. The van der Waals surface area contributed by atoms with Crippen molar-refractivity contribution in [2.75, 3.05) is 13.2 Å². The van der Waals surface area contributed by atoms with Crippen LogP contribution in [0.2, 0.25) is 0 Å². The van der Waals surface area contributed by atoms with Crippen molar-refractivity contribution >= 4 is 10.9 Å². The summed E-state index contributed by atoms with van der Waals surface area (Å²) in [5, 5.41) is 3.67. The molecule has 29 heavy (non-hydrogen) atoms. The average molecular weight is 416 g/mol. The van der Waals surface area contributed by atoms with Crippen molar-refractivity contribution in [2.45, 2.75) is 25.1 Å². The van der Waals surface area contributed by atoms with Gasteiger partial charge in [-0.25, -0.2) is 4.39 Å². The highest BCUT2D eigenvalue weighted by atomic mass is 19.4. The van der Waals surface area contributed by atoms with Crippen molar-refractivity contribution < 1.29 is 31.1 Å². The quantitative estimate of drug-likeness (QED) is 0.391. The van der Waals surface area contributed by atoms with Crippen molar-refractivity contribution in [1.29, 1.82) is 0 Å². The maximum atomic E-state index is 14.0. The van der Waals surface area contributed by atoms with Gasteiger partial charge in [0, 0.05) is 23.6 Å². The second-order valence-electron chi connectivity index (χ2n) is 6.54. The number of alkyl halides is 5. The SMILES string of the molecule is Fc1cccc2[nH]cc(CCNCc3cccc(OCC(F)(F)C(F)(F)F)c3)c12. The fraction of sp³-hybridized carbons (Fsp3) is 0.300. The van der Waals surface area contributed by atoms with Gasteiger partial charge >= 0.3 is 12.1 Å². The van der Waals surface area contributed by atoms with E-state index in [0.29, 0.717) is 36.0 Å². The van der Waals surface area contributed by atoms with Gasteiger partial charge in [0.05, 0.1) is 0 Å². The summed E-state index contributed by atoms with van der Waals surface area (Å²) in [4.78, 5) is 3.01. The Kier molecular flexibility index (Phi) is 6.07. The van der Waals surface area contributed by atoms with E-state index in [1.54, 1.807) is 24.4 Å². The van der Waals surface area contributed by atoms with Gasteiger partial charge in [0.2, 0.25) is 0 Å². The number of hydrogen-bond donors (Lipinski definition) is 2. The van der Waals surface area contributed by atoms with Gasteiger partial charge in [-0.05, 0) is 48.4 Å². The molecular formula is C20H18F6N2O. The summed E-state index contributed by atoms with van der Waals surface area (Å²) >= 11 is 0. The van der Waals surface area contributed by atoms with Crippen molar-refractivity contribution in [3.05, 3.63) is 65.6 Å². The molecule has 0 radical (unpaired) electrons. The maximum Gasteiger partial charge on any atom is 0.456 e. The Morgan fingerprint density at radius 2 is 1.76 bits per heavy atom. The number of hydrogen-bond acceptors (Lipinski definition) is 2. The Morgan fingerprint density at radius 1 is 1.00 bits per heavy atom. The lowest BCUT2D eigenvalue weighted by atomic mass is 10.1. The standard InChI is InChI=1S/C20H18F6N2O/c21-16-5-2-6-17-18(16)14(11-28-17)7-8-27-10-13-3-1-4-15(9-13)29-12-19(22,23)20(24,25)26/h1-6,9,11,27-28H,7-8,10,12H2. The van der Waals surface area contributed by atoms with Gasteiger partial charge in [-0.1, -0.05) is 18.2 Å². The smallest absolute Gasteiger partial charge is 0.456 e. The van der Waals surface area contributed by atoms with Crippen LogP contribution in [-0.2, 0) is 13.0 Å². The van der Waals surface area contributed by atoms with Crippen LogP contribution < -0.4 is 10.1 Å².